The van der Waals surface area contributed by atoms with E-state index in [1.807, 2.05) is 0 Å². The van der Waals surface area contributed by atoms with Crippen molar-refractivity contribution >= 4 is 23.6 Å². The molecule has 0 N–H and O–H groups in total. The molecule has 0 amide bonds. The second kappa shape index (κ2) is 13.1. The molecule has 0 heterocycles. The van der Waals surface area contributed by atoms with Gasteiger partial charge in [-0.05, 0) is 43.3 Å². The number of benzene rings is 3. The zero-order valence-electron chi connectivity index (χ0n) is 22.5. The molecule has 0 nitrogen and oxygen atoms in total. The molecular weight excluding hydrogens is 555 g/mol. The Bertz CT molecular complexity index is 1210. The van der Waals surface area contributed by atoms with Gasteiger partial charge in [0, 0.05) is 0 Å². The maximum Gasteiger partial charge on any atom is 4.00 e. The van der Waals surface area contributed by atoms with Gasteiger partial charge < -0.3 is 37.2 Å². The first kappa shape index (κ1) is 34.9. The van der Waals surface area contributed by atoms with Gasteiger partial charge >= 0.3 is 21.7 Å². The number of hydrogen-bond donors (Lipinski definition) is 0. The molecule has 0 aromatic heterocycles. The van der Waals surface area contributed by atoms with E-state index in [4.69, 9.17) is 0 Å². The van der Waals surface area contributed by atoms with E-state index in [0.717, 1.165) is 0 Å². The molecule has 1 atom stereocenters. The molecule has 4 rings (SSSR count). The second-order valence-corrected chi connectivity index (χ2v) is 14.0. The number of halogens is 3. The van der Waals surface area contributed by atoms with E-state index < -0.39 is 8.07 Å². The summed E-state index contributed by atoms with van der Waals surface area (Å²) in [4.78, 5) is 0. The van der Waals surface area contributed by atoms with Crippen molar-refractivity contribution in [3.8, 4) is 0 Å². The SMILES string of the molecule is CC1=[C-]C(C)([Si](c2ccccc2)(c2ccc(C)cc2C)c2ccc(C)cc2C)C(C)=C1C.[Cl-].[Cl-].[Cl-].[Ti+4]. The standard InChI is InChI=1S/C31H35Si.3ClH.Ti/c1-21-14-16-29(23(3)18-21)32(28-12-10-9-11-13-28,30-17-15-22(2)19-24(30)4)31(8)20-25(5)26(6)27(31)7;;;;/h9-19H,1-8H3;3*1H;/q-1;;;;+4/p-3. The third-order valence-corrected chi connectivity index (χ3v) is 13.8. The van der Waals surface area contributed by atoms with Crippen molar-refractivity contribution in [1.29, 1.82) is 0 Å². The summed E-state index contributed by atoms with van der Waals surface area (Å²) in [6, 6.07) is 25.5. The van der Waals surface area contributed by atoms with E-state index in [1.165, 1.54) is 54.5 Å². The summed E-state index contributed by atoms with van der Waals surface area (Å²) < 4.78 is 0. The van der Waals surface area contributed by atoms with Gasteiger partial charge in [0.05, 0.1) is 0 Å². The van der Waals surface area contributed by atoms with Crippen LogP contribution in [0.25, 0.3) is 0 Å². The summed E-state index contributed by atoms with van der Waals surface area (Å²) in [5.41, 5.74) is 9.57. The molecule has 0 radical (unpaired) electrons. The summed E-state index contributed by atoms with van der Waals surface area (Å²) in [5, 5.41) is 4.27. The van der Waals surface area contributed by atoms with Crippen LogP contribution in [0.1, 0.15) is 49.9 Å². The van der Waals surface area contributed by atoms with Gasteiger partial charge in [-0.2, -0.15) is 11.1 Å². The minimum absolute atomic E-state index is 0. The van der Waals surface area contributed by atoms with Crippen LogP contribution in [0.3, 0.4) is 0 Å². The van der Waals surface area contributed by atoms with Crippen LogP contribution in [-0.2, 0) is 21.7 Å². The maximum atomic E-state index is 4.05. The molecule has 0 bridgehead atoms. The fraction of sp³-hybridized carbons (Fsp3) is 0.290. The Balaban J connectivity index is 0.00000306. The predicted octanol–water partition coefficient (Wildman–Crippen LogP) is -2.74. The number of hydrogen-bond acceptors (Lipinski definition) is 0. The molecular formula is C31H35Cl3SiTi. The van der Waals surface area contributed by atoms with E-state index in [0.29, 0.717) is 0 Å². The summed E-state index contributed by atoms with van der Waals surface area (Å²) >= 11 is 0. The monoisotopic (exact) mass is 588 g/mol. The Kier molecular flexibility index (Phi) is 12.8. The summed E-state index contributed by atoms with van der Waals surface area (Å²) in [7, 11) is -2.59. The summed E-state index contributed by atoms with van der Waals surface area (Å²) in [6.45, 7) is 18.3. The van der Waals surface area contributed by atoms with E-state index >= 15 is 0 Å². The van der Waals surface area contributed by atoms with Crippen molar-refractivity contribution in [1.82, 2.24) is 0 Å². The van der Waals surface area contributed by atoms with Crippen molar-refractivity contribution in [2.24, 2.45) is 0 Å². The van der Waals surface area contributed by atoms with Crippen LogP contribution in [0.2, 0.25) is 5.04 Å². The molecule has 36 heavy (non-hydrogen) atoms. The molecule has 1 aliphatic carbocycles. The largest absolute Gasteiger partial charge is 4.00 e. The molecule has 0 spiro atoms. The molecule has 0 saturated heterocycles. The summed E-state index contributed by atoms with van der Waals surface area (Å²) in [5.74, 6) is 0. The normalized spacial score (nSPS) is 16.7. The minimum Gasteiger partial charge on any atom is -1.00 e. The first-order chi connectivity index (χ1) is 15.1. The number of aryl methyl sites for hydroxylation is 4. The maximum absolute atomic E-state index is 4.05. The van der Waals surface area contributed by atoms with Crippen molar-refractivity contribution in [3.63, 3.8) is 0 Å². The van der Waals surface area contributed by atoms with Gasteiger partial charge in [0.1, 0.15) is 8.07 Å². The predicted molar refractivity (Wildman–Crippen MR) is 142 cm³/mol. The number of rotatable bonds is 4. The molecule has 1 aliphatic rings. The Labute approximate surface area is 253 Å². The smallest absolute Gasteiger partial charge is 1.00 e. The van der Waals surface area contributed by atoms with E-state index in [1.54, 1.807) is 0 Å². The molecule has 3 aromatic carbocycles. The molecule has 188 valence electrons. The van der Waals surface area contributed by atoms with Gasteiger partial charge in [0.2, 0.25) is 0 Å². The Morgan fingerprint density at radius 3 is 1.44 bits per heavy atom. The fourth-order valence-corrected chi connectivity index (χ4v) is 12.4. The molecule has 0 aliphatic heterocycles. The van der Waals surface area contributed by atoms with Gasteiger partial charge in [-0.25, -0.2) is 5.57 Å². The van der Waals surface area contributed by atoms with Crippen molar-refractivity contribution in [2.75, 3.05) is 0 Å². The molecule has 0 fully saturated rings. The first-order valence-electron chi connectivity index (χ1n) is 11.6. The van der Waals surface area contributed by atoms with Gasteiger partial charge in [-0.3, -0.25) is 6.08 Å². The Morgan fingerprint density at radius 1 is 0.639 bits per heavy atom. The first-order valence-corrected chi connectivity index (χ1v) is 13.6. The molecule has 5 heteroatoms. The second-order valence-electron chi connectivity index (χ2n) is 9.88. The topological polar surface area (TPSA) is 0 Å². The van der Waals surface area contributed by atoms with Crippen LogP contribution in [0, 0.1) is 33.8 Å². The Hall–Kier alpha value is -1.06. The van der Waals surface area contributed by atoms with Crippen LogP contribution < -0.4 is 52.8 Å². The van der Waals surface area contributed by atoms with Crippen molar-refractivity contribution < 1.29 is 58.9 Å². The minimum atomic E-state index is -2.59. The summed E-state index contributed by atoms with van der Waals surface area (Å²) in [6.07, 6.45) is 4.05. The van der Waals surface area contributed by atoms with Crippen LogP contribution >= 0.6 is 0 Å². The quantitative estimate of drug-likeness (QED) is 0.176. The average Bonchev–Trinajstić information content (AvgIpc) is 2.95. The van der Waals surface area contributed by atoms with Crippen LogP contribution in [0.15, 0.2) is 83.4 Å². The number of allylic oxidation sites excluding steroid dienone is 4. The zero-order valence-corrected chi connectivity index (χ0v) is 27.3. The van der Waals surface area contributed by atoms with E-state index in [9.17, 15) is 0 Å². The molecule has 0 saturated carbocycles. The third-order valence-electron chi connectivity index (χ3n) is 7.84. The van der Waals surface area contributed by atoms with Gasteiger partial charge in [0.25, 0.3) is 0 Å². The average molecular weight is 590 g/mol. The van der Waals surface area contributed by atoms with E-state index in [-0.39, 0.29) is 64.0 Å². The Morgan fingerprint density at radius 2 is 1.08 bits per heavy atom. The molecule has 1 unspecified atom stereocenters. The van der Waals surface area contributed by atoms with E-state index in [2.05, 4.69) is 128 Å². The van der Waals surface area contributed by atoms with Gasteiger partial charge in [0.15, 0.2) is 0 Å². The third kappa shape index (κ3) is 5.39. The fourth-order valence-electron chi connectivity index (χ4n) is 6.03. The van der Waals surface area contributed by atoms with Crippen LogP contribution in [-0.4, -0.2) is 8.07 Å². The van der Waals surface area contributed by atoms with Gasteiger partial charge in [-0.1, -0.05) is 115 Å². The van der Waals surface area contributed by atoms with Crippen molar-refractivity contribution in [3.05, 3.63) is 112 Å². The van der Waals surface area contributed by atoms with Gasteiger partial charge in [-0.15, -0.1) is 6.92 Å². The molecule has 3 aromatic rings. The zero-order chi connectivity index (χ0) is 23.3. The van der Waals surface area contributed by atoms with Crippen molar-refractivity contribution in [2.45, 2.75) is 60.4 Å². The van der Waals surface area contributed by atoms with Crippen LogP contribution in [0.5, 0.6) is 0 Å². The van der Waals surface area contributed by atoms with Crippen LogP contribution in [0.4, 0.5) is 0 Å².